The van der Waals surface area contributed by atoms with Gasteiger partial charge < -0.3 is 14.6 Å². The number of aliphatic hydroxyl groups is 1. The van der Waals surface area contributed by atoms with Crippen molar-refractivity contribution in [3.8, 4) is 11.5 Å². The lowest BCUT2D eigenvalue weighted by molar-refractivity contribution is -0.132. The van der Waals surface area contributed by atoms with Gasteiger partial charge in [0.25, 0.3) is 5.78 Å². The first-order chi connectivity index (χ1) is 18.4. The second kappa shape index (κ2) is 10.5. The van der Waals surface area contributed by atoms with E-state index in [0.29, 0.717) is 34.2 Å². The molecule has 1 aliphatic rings. The number of hydrogen-bond donors (Lipinski definition) is 1. The Kier molecular flexibility index (Phi) is 6.93. The number of ether oxygens (including phenoxy) is 2. The first-order valence-corrected chi connectivity index (χ1v) is 12.7. The number of aromatic nitrogens is 2. The van der Waals surface area contributed by atoms with Gasteiger partial charge in [-0.15, -0.1) is 10.2 Å². The molecule has 5 rings (SSSR count). The SMILES string of the molecule is COc1ccc([C@@H]2/C(=C(\O)c3ccc(OCc4ccccc4C)cc3)C(=O)C(=O)N2c2nnc(C)s2)cc1. The van der Waals surface area contributed by atoms with E-state index in [4.69, 9.17) is 9.47 Å². The summed E-state index contributed by atoms with van der Waals surface area (Å²) in [4.78, 5) is 27.8. The van der Waals surface area contributed by atoms with Crippen LogP contribution >= 0.6 is 11.3 Å². The molecule has 192 valence electrons. The standard InChI is InChI=1S/C29H25N3O5S/c1-17-6-4-5-7-21(17)16-37-23-14-10-20(11-15-23)26(33)24-25(19-8-12-22(36-3)13-9-19)32(28(35)27(24)34)29-31-30-18(2)38-29/h4-15,25,33H,16H2,1-3H3/b26-24+/t25-/m1/s1. The molecule has 0 bridgehead atoms. The predicted octanol–water partition coefficient (Wildman–Crippen LogP) is 5.37. The van der Waals surface area contributed by atoms with Gasteiger partial charge in [-0.1, -0.05) is 47.7 Å². The quantitative estimate of drug-likeness (QED) is 0.196. The molecule has 1 saturated heterocycles. The Labute approximate surface area is 223 Å². The van der Waals surface area contributed by atoms with E-state index in [1.165, 1.54) is 16.2 Å². The van der Waals surface area contributed by atoms with Gasteiger partial charge in [0.05, 0.1) is 18.7 Å². The number of Topliss-reactive ketones (excluding diaryl/α,β-unsaturated/α-hetero) is 1. The Morgan fingerprint density at radius 2 is 1.63 bits per heavy atom. The van der Waals surface area contributed by atoms with Gasteiger partial charge in [-0.05, 0) is 66.9 Å². The molecule has 1 aromatic heterocycles. The molecule has 1 fully saturated rings. The summed E-state index contributed by atoms with van der Waals surface area (Å²) in [5.41, 5.74) is 3.19. The molecule has 0 unspecified atom stereocenters. The molecule has 1 N–H and O–H groups in total. The third-order valence-corrected chi connectivity index (χ3v) is 7.22. The van der Waals surface area contributed by atoms with E-state index < -0.39 is 17.7 Å². The van der Waals surface area contributed by atoms with Gasteiger partial charge in [0.15, 0.2) is 0 Å². The van der Waals surface area contributed by atoms with E-state index >= 15 is 0 Å². The van der Waals surface area contributed by atoms with Crippen LogP contribution in [0.1, 0.15) is 33.3 Å². The lowest BCUT2D eigenvalue weighted by Gasteiger charge is -2.22. The lowest BCUT2D eigenvalue weighted by Crippen LogP contribution is -2.29. The molecule has 38 heavy (non-hydrogen) atoms. The molecule has 4 aromatic rings. The van der Waals surface area contributed by atoms with Crippen LogP contribution in [0.3, 0.4) is 0 Å². The topological polar surface area (TPSA) is 102 Å². The van der Waals surface area contributed by atoms with Crippen LogP contribution in [0.2, 0.25) is 0 Å². The van der Waals surface area contributed by atoms with Crippen molar-refractivity contribution in [1.29, 1.82) is 0 Å². The lowest BCUT2D eigenvalue weighted by atomic mass is 9.95. The van der Waals surface area contributed by atoms with Crippen molar-refractivity contribution in [3.63, 3.8) is 0 Å². The average Bonchev–Trinajstić information content (AvgIpc) is 3.48. The Balaban J connectivity index is 1.50. The minimum Gasteiger partial charge on any atom is -0.507 e. The third kappa shape index (κ3) is 4.76. The highest BCUT2D eigenvalue weighted by Crippen LogP contribution is 2.43. The Bertz CT molecular complexity index is 1530. The molecule has 1 aliphatic heterocycles. The summed E-state index contributed by atoms with van der Waals surface area (Å²) in [6.45, 7) is 4.20. The zero-order valence-corrected chi connectivity index (χ0v) is 21.9. The first kappa shape index (κ1) is 25.2. The minimum absolute atomic E-state index is 0.0263. The van der Waals surface area contributed by atoms with Crippen LogP contribution < -0.4 is 14.4 Å². The van der Waals surface area contributed by atoms with Crippen molar-refractivity contribution in [1.82, 2.24) is 10.2 Å². The van der Waals surface area contributed by atoms with Gasteiger partial charge in [-0.3, -0.25) is 14.5 Å². The van der Waals surface area contributed by atoms with Crippen LogP contribution in [0.4, 0.5) is 5.13 Å². The van der Waals surface area contributed by atoms with E-state index in [2.05, 4.69) is 10.2 Å². The summed E-state index contributed by atoms with van der Waals surface area (Å²) < 4.78 is 11.2. The molecule has 1 atom stereocenters. The number of ketones is 1. The van der Waals surface area contributed by atoms with Crippen molar-refractivity contribution < 1.29 is 24.2 Å². The van der Waals surface area contributed by atoms with Gasteiger partial charge in [0.2, 0.25) is 5.13 Å². The number of amides is 1. The number of hydrogen-bond acceptors (Lipinski definition) is 8. The maximum absolute atomic E-state index is 13.3. The molecule has 9 heteroatoms. The van der Waals surface area contributed by atoms with Crippen LogP contribution in [-0.4, -0.2) is 34.1 Å². The van der Waals surface area contributed by atoms with Crippen LogP contribution in [0, 0.1) is 13.8 Å². The fraction of sp³-hybridized carbons (Fsp3) is 0.172. The van der Waals surface area contributed by atoms with E-state index in [1.807, 2.05) is 31.2 Å². The van der Waals surface area contributed by atoms with E-state index in [1.54, 1.807) is 62.6 Å². The number of methoxy groups -OCH3 is 1. The van der Waals surface area contributed by atoms with Gasteiger partial charge in [-0.2, -0.15) is 0 Å². The Morgan fingerprint density at radius 1 is 0.947 bits per heavy atom. The number of carbonyl (C=O) groups excluding carboxylic acids is 2. The zero-order valence-electron chi connectivity index (χ0n) is 21.0. The van der Waals surface area contributed by atoms with Gasteiger partial charge in [0.1, 0.15) is 28.9 Å². The molecule has 0 radical (unpaired) electrons. The number of aryl methyl sites for hydroxylation is 2. The molecule has 0 aliphatic carbocycles. The molecule has 1 amide bonds. The van der Waals surface area contributed by atoms with Crippen LogP contribution in [0.25, 0.3) is 5.76 Å². The number of carbonyl (C=O) groups is 2. The van der Waals surface area contributed by atoms with Crippen LogP contribution in [0.15, 0.2) is 78.4 Å². The maximum atomic E-state index is 13.3. The normalized spacial score (nSPS) is 16.6. The van der Waals surface area contributed by atoms with E-state index in [9.17, 15) is 14.7 Å². The van der Waals surface area contributed by atoms with Crippen molar-refractivity contribution in [2.75, 3.05) is 12.0 Å². The van der Waals surface area contributed by atoms with E-state index in [0.717, 1.165) is 11.1 Å². The predicted molar refractivity (Wildman–Crippen MR) is 144 cm³/mol. The number of aliphatic hydroxyl groups excluding tert-OH is 1. The number of anilines is 1. The fourth-order valence-electron chi connectivity index (χ4n) is 4.31. The summed E-state index contributed by atoms with van der Waals surface area (Å²) in [6, 6.07) is 20.8. The highest BCUT2D eigenvalue weighted by molar-refractivity contribution is 7.15. The Morgan fingerprint density at radius 3 is 2.26 bits per heavy atom. The van der Waals surface area contributed by atoms with Crippen LogP contribution in [-0.2, 0) is 16.2 Å². The second-order valence-electron chi connectivity index (χ2n) is 8.79. The van der Waals surface area contributed by atoms with Crippen molar-refractivity contribution in [2.45, 2.75) is 26.5 Å². The first-order valence-electron chi connectivity index (χ1n) is 11.9. The fourth-order valence-corrected chi connectivity index (χ4v) is 5.03. The van der Waals surface area contributed by atoms with Crippen molar-refractivity contribution in [3.05, 3.63) is 106 Å². The third-order valence-electron chi connectivity index (χ3n) is 6.38. The van der Waals surface area contributed by atoms with Gasteiger partial charge in [-0.25, -0.2) is 0 Å². The zero-order chi connectivity index (χ0) is 26.8. The maximum Gasteiger partial charge on any atom is 0.301 e. The number of rotatable bonds is 7. The molecule has 2 heterocycles. The summed E-state index contributed by atoms with van der Waals surface area (Å²) in [7, 11) is 1.56. The summed E-state index contributed by atoms with van der Waals surface area (Å²) >= 11 is 1.20. The largest absolute Gasteiger partial charge is 0.507 e. The molecule has 0 saturated carbocycles. The molecule has 0 spiro atoms. The second-order valence-corrected chi connectivity index (χ2v) is 9.95. The smallest absolute Gasteiger partial charge is 0.301 e. The van der Waals surface area contributed by atoms with E-state index in [-0.39, 0.29) is 16.5 Å². The summed E-state index contributed by atoms with van der Waals surface area (Å²) in [6.07, 6.45) is 0. The highest BCUT2D eigenvalue weighted by atomic mass is 32.1. The molecule has 3 aromatic carbocycles. The minimum atomic E-state index is -0.884. The summed E-state index contributed by atoms with van der Waals surface area (Å²) in [5, 5.41) is 20.4. The van der Waals surface area contributed by atoms with Crippen LogP contribution in [0.5, 0.6) is 11.5 Å². The van der Waals surface area contributed by atoms with Crippen molar-refractivity contribution >= 4 is 33.9 Å². The molecular weight excluding hydrogens is 502 g/mol. The van der Waals surface area contributed by atoms with Gasteiger partial charge >= 0.3 is 5.91 Å². The average molecular weight is 528 g/mol. The molecular formula is C29H25N3O5S. The number of benzene rings is 3. The number of nitrogens with zero attached hydrogens (tertiary/aromatic N) is 3. The summed E-state index contributed by atoms with van der Waals surface area (Å²) in [5.74, 6) is -0.615. The monoisotopic (exact) mass is 527 g/mol. The van der Waals surface area contributed by atoms with Gasteiger partial charge in [0, 0.05) is 5.56 Å². The highest BCUT2D eigenvalue weighted by Gasteiger charge is 2.48. The Hall–Kier alpha value is -4.50. The van der Waals surface area contributed by atoms with Crippen molar-refractivity contribution in [2.24, 2.45) is 0 Å². The molecule has 8 nitrogen and oxygen atoms in total.